The van der Waals surface area contributed by atoms with Crippen LogP contribution in [0.1, 0.15) is 15.6 Å². The van der Waals surface area contributed by atoms with Gasteiger partial charge in [0.15, 0.2) is 0 Å². The van der Waals surface area contributed by atoms with Crippen molar-refractivity contribution in [2.24, 2.45) is 0 Å². The standard InChI is InChI=1S/C14H18ClN3OS/c1-19-9-8-16-7-6-13-17-18-14(20-13)10-11-4-2-3-5-12(11)15/h2-5,16H,6-10H2,1H3. The van der Waals surface area contributed by atoms with E-state index >= 15 is 0 Å². The average molecular weight is 312 g/mol. The van der Waals surface area contributed by atoms with Crippen LogP contribution in [-0.2, 0) is 17.6 Å². The van der Waals surface area contributed by atoms with E-state index in [1.54, 1.807) is 18.4 Å². The van der Waals surface area contributed by atoms with Crippen LogP contribution in [0.15, 0.2) is 24.3 Å². The third kappa shape index (κ3) is 4.83. The Labute approximate surface area is 128 Å². The lowest BCUT2D eigenvalue weighted by molar-refractivity contribution is 0.199. The lowest BCUT2D eigenvalue weighted by Crippen LogP contribution is -2.21. The molecular weight excluding hydrogens is 294 g/mol. The summed E-state index contributed by atoms with van der Waals surface area (Å²) in [6.45, 7) is 2.49. The average Bonchev–Trinajstić information content (AvgIpc) is 2.89. The zero-order valence-corrected chi connectivity index (χ0v) is 13.0. The molecule has 0 aliphatic carbocycles. The monoisotopic (exact) mass is 311 g/mol. The van der Waals surface area contributed by atoms with Gasteiger partial charge in [0.1, 0.15) is 10.0 Å². The van der Waals surface area contributed by atoms with Gasteiger partial charge < -0.3 is 10.1 Å². The van der Waals surface area contributed by atoms with E-state index in [0.717, 1.165) is 53.1 Å². The Kier molecular flexibility index (Phi) is 6.39. The fourth-order valence-corrected chi connectivity index (χ4v) is 2.83. The molecule has 0 aliphatic heterocycles. The second kappa shape index (κ2) is 8.32. The predicted molar refractivity (Wildman–Crippen MR) is 82.6 cm³/mol. The molecule has 108 valence electrons. The molecule has 1 N–H and O–H groups in total. The minimum Gasteiger partial charge on any atom is -0.383 e. The third-order valence-corrected chi connectivity index (χ3v) is 4.16. The number of rotatable bonds is 8. The number of aromatic nitrogens is 2. The largest absolute Gasteiger partial charge is 0.383 e. The molecule has 4 nitrogen and oxygen atoms in total. The summed E-state index contributed by atoms with van der Waals surface area (Å²) < 4.78 is 4.98. The lowest BCUT2D eigenvalue weighted by atomic mass is 10.2. The predicted octanol–water partition coefficient (Wildman–Crippen LogP) is 2.56. The Bertz CT molecular complexity index is 533. The van der Waals surface area contributed by atoms with Crippen LogP contribution in [0.5, 0.6) is 0 Å². The van der Waals surface area contributed by atoms with Crippen molar-refractivity contribution >= 4 is 22.9 Å². The van der Waals surface area contributed by atoms with Crippen molar-refractivity contribution in [2.45, 2.75) is 12.8 Å². The zero-order chi connectivity index (χ0) is 14.2. The van der Waals surface area contributed by atoms with Crippen LogP contribution in [0.4, 0.5) is 0 Å². The summed E-state index contributed by atoms with van der Waals surface area (Å²) in [6, 6.07) is 7.85. The van der Waals surface area contributed by atoms with E-state index in [1.165, 1.54) is 0 Å². The van der Waals surface area contributed by atoms with E-state index in [0.29, 0.717) is 0 Å². The van der Waals surface area contributed by atoms with Crippen molar-refractivity contribution in [3.05, 3.63) is 44.9 Å². The van der Waals surface area contributed by atoms with Crippen LogP contribution in [0.2, 0.25) is 5.02 Å². The molecule has 0 spiro atoms. The fourth-order valence-electron chi connectivity index (χ4n) is 1.76. The molecule has 1 aromatic heterocycles. The number of hydrogen-bond acceptors (Lipinski definition) is 5. The molecule has 1 heterocycles. The van der Waals surface area contributed by atoms with Gasteiger partial charge in [-0.3, -0.25) is 0 Å². The Morgan fingerprint density at radius 1 is 1.20 bits per heavy atom. The molecule has 0 fully saturated rings. The first-order valence-electron chi connectivity index (χ1n) is 6.54. The maximum atomic E-state index is 6.15. The zero-order valence-electron chi connectivity index (χ0n) is 11.4. The molecule has 0 bridgehead atoms. The summed E-state index contributed by atoms with van der Waals surface area (Å²) in [5, 5.41) is 14.6. The molecule has 20 heavy (non-hydrogen) atoms. The van der Waals surface area contributed by atoms with Crippen LogP contribution < -0.4 is 5.32 Å². The van der Waals surface area contributed by atoms with Gasteiger partial charge in [-0.05, 0) is 11.6 Å². The first-order valence-corrected chi connectivity index (χ1v) is 7.73. The number of nitrogens with one attached hydrogen (secondary N) is 1. The van der Waals surface area contributed by atoms with Crippen molar-refractivity contribution < 1.29 is 4.74 Å². The first-order chi connectivity index (χ1) is 9.79. The number of halogens is 1. The van der Waals surface area contributed by atoms with Gasteiger partial charge in [-0.1, -0.05) is 29.8 Å². The van der Waals surface area contributed by atoms with Gasteiger partial charge in [0.05, 0.1) is 6.61 Å². The van der Waals surface area contributed by atoms with Gasteiger partial charge in [0.25, 0.3) is 0 Å². The van der Waals surface area contributed by atoms with Crippen molar-refractivity contribution in [2.75, 3.05) is 26.8 Å². The number of methoxy groups -OCH3 is 1. The first kappa shape index (κ1) is 15.4. The number of benzene rings is 1. The smallest absolute Gasteiger partial charge is 0.121 e. The van der Waals surface area contributed by atoms with Crippen molar-refractivity contribution in [3.63, 3.8) is 0 Å². The van der Waals surface area contributed by atoms with Crippen LogP contribution in [0, 0.1) is 0 Å². The minimum absolute atomic E-state index is 0.730. The fraction of sp³-hybridized carbons (Fsp3) is 0.429. The van der Waals surface area contributed by atoms with E-state index < -0.39 is 0 Å². The molecule has 0 radical (unpaired) electrons. The van der Waals surface area contributed by atoms with Gasteiger partial charge in [-0.15, -0.1) is 21.5 Å². The highest BCUT2D eigenvalue weighted by Crippen LogP contribution is 2.20. The minimum atomic E-state index is 0.730. The van der Waals surface area contributed by atoms with Gasteiger partial charge in [0.2, 0.25) is 0 Å². The summed E-state index contributed by atoms with van der Waals surface area (Å²) in [5.74, 6) is 0. The topological polar surface area (TPSA) is 47.0 Å². The van der Waals surface area contributed by atoms with E-state index in [9.17, 15) is 0 Å². The molecule has 0 aliphatic rings. The highest BCUT2D eigenvalue weighted by atomic mass is 35.5. The van der Waals surface area contributed by atoms with E-state index in [2.05, 4.69) is 15.5 Å². The van der Waals surface area contributed by atoms with Crippen molar-refractivity contribution in [3.8, 4) is 0 Å². The normalized spacial score (nSPS) is 10.9. The summed E-state index contributed by atoms with van der Waals surface area (Å²) in [7, 11) is 1.70. The molecule has 0 amide bonds. The second-order valence-corrected chi connectivity index (χ2v) is 5.90. The molecule has 2 aromatic rings. The maximum Gasteiger partial charge on any atom is 0.121 e. The number of nitrogens with zero attached hydrogens (tertiary/aromatic N) is 2. The Morgan fingerprint density at radius 2 is 2.00 bits per heavy atom. The van der Waals surface area contributed by atoms with Crippen LogP contribution in [0.3, 0.4) is 0 Å². The SMILES string of the molecule is COCCNCCc1nnc(Cc2ccccc2Cl)s1. The highest BCUT2D eigenvalue weighted by Gasteiger charge is 2.07. The van der Waals surface area contributed by atoms with Gasteiger partial charge in [0, 0.05) is 38.1 Å². The number of ether oxygens (including phenoxy) is 1. The van der Waals surface area contributed by atoms with Crippen LogP contribution in [-0.4, -0.2) is 37.0 Å². The quantitative estimate of drug-likeness (QED) is 0.761. The molecule has 6 heteroatoms. The van der Waals surface area contributed by atoms with E-state index in [4.69, 9.17) is 16.3 Å². The lowest BCUT2D eigenvalue weighted by Gasteiger charge is -2.01. The van der Waals surface area contributed by atoms with Gasteiger partial charge in [-0.25, -0.2) is 0 Å². The Balaban J connectivity index is 1.82. The summed E-state index contributed by atoms with van der Waals surface area (Å²) in [5.41, 5.74) is 1.09. The molecule has 0 atom stereocenters. The third-order valence-electron chi connectivity index (χ3n) is 2.81. The maximum absolute atomic E-state index is 6.15. The number of hydrogen-bond donors (Lipinski definition) is 1. The van der Waals surface area contributed by atoms with Crippen LogP contribution >= 0.6 is 22.9 Å². The van der Waals surface area contributed by atoms with Gasteiger partial charge >= 0.3 is 0 Å². The second-order valence-electron chi connectivity index (χ2n) is 4.35. The van der Waals surface area contributed by atoms with Crippen LogP contribution in [0.25, 0.3) is 0 Å². The molecule has 2 rings (SSSR count). The van der Waals surface area contributed by atoms with Gasteiger partial charge in [-0.2, -0.15) is 0 Å². The molecule has 1 aromatic carbocycles. The Hall–Kier alpha value is -1.01. The molecule has 0 unspecified atom stereocenters. The molecular formula is C14H18ClN3OS. The highest BCUT2D eigenvalue weighted by molar-refractivity contribution is 7.11. The van der Waals surface area contributed by atoms with E-state index in [-0.39, 0.29) is 0 Å². The Morgan fingerprint density at radius 3 is 2.80 bits per heavy atom. The molecule has 0 saturated heterocycles. The molecule has 0 saturated carbocycles. The van der Waals surface area contributed by atoms with Crippen molar-refractivity contribution in [1.29, 1.82) is 0 Å². The van der Waals surface area contributed by atoms with E-state index in [1.807, 2.05) is 24.3 Å². The summed E-state index contributed by atoms with van der Waals surface area (Å²) >= 11 is 7.80. The summed E-state index contributed by atoms with van der Waals surface area (Å²) in [6.07, 6.45) is 1.64. The van der Waals surface area contributed by atoms with Crippen molar-refractivity contribution in [1.82, 2.24) is 15.5 Å². The summed E-state index contributed by atoms with van der Waals surface area (Å²) in [4.78, 5) is 0.